The van der Waals surface area contributed by atoms with Crippen molar-refractivity contribution in [1.82, 2.24) is 16.1 Å². The van der Waals surface area contributed by atoms with Crippen LogP contribution < -0.4 is 16.1 Å². The first-order valence-electron chi connectivity index (χ1n) is 9.55. The topological polar surface area (TPSA) is 128 Å². The van der Waals surface area contributed by atoms with Gasteiger partial charge in [0.1, 0.15) is 0 Å². The second kappa shape index (κ2) is 10.4. The van der Waals surface area contributed by atoms with Gasteiger partial charge in [0.05, 0.1) is 0 Å². The number of hydroxylamine groups is 1. The van der Waals surface area contributed by atoms with Crippen molar-refractivity contribution in [2.75, 3.05) is 13.7 Å². The smallest absolute Gasteiger partial charge is 0.278 e. The van der Waals surface area contributed by atoms with Gasteiger partial charge in [0.25, 0.3) is 17.7 Å². The predicted octanol–water partition coefficient (Wildman–Crippen LogP) is 0.190. The molecule has 3 amide bonds. The van der Waals surface area contributed by atoms with E-state index < -0.39 is 23.3 Å². The number of aliphatic hydroxyl groups excluding tert-OH is 1. The maximum atomic E-state index is 12.4. The third kappa shape index (κ3) is 5.60. The molecule has 1 saturated carbocycles. The summed E-state index contributed by atoms with van der Waals surface area (Å²) in [4.78, 5) is 36.3. The molecule has 0 saturated heterocycles. The molecule has 2 rings (SSSR count). The number of likely N-dealkylation sites (N-methyl/N-ethyl adjacent to an activating group) is 1. The molecule has 1 aliphatic carbocycles. The van der Waals surface area contributed by atoms with E-state index in [-0.39, 0.29) is 18.1 Å². The van der Waals surface area contributed by atoms with Crippen LogP contribution in [0.15, 0.2) is 24.3 Å². The zero-order valence-corrected chi connectivity index (χ0v) is 16.9. The Balaban J connectivity index is 2.03. The first-order valence-corrected chi connectivity index (χ1v) is 9.55. The Kier molecular flexibility index (Phi) is 7.99. The molecule has 3 unspecified atom stereocenters. The highest BCUT2D eigenvalue weighted by Gasteiger charge is 2.42. The molecule has 1 aliphatic rings. The molecule has 8 nitrogen and oxygen atoms in total. The molecule has 1 fully saturated rings. The number of nitrogens with one attached hydrogen (secondary N) is 3. The molecule has 0 spiro atoms. The van der Waals surface area contributed by atoms with Crippen LogP contribution in [-0.4, -0.2) is 47.2 Å². The van der Waals surface area contributed by atoms with Gasteiger partial charge in [-0.05, 0) is 68.2 Å². The maximum absolute atomic E-state index is 12.4. The van der Waals surface area contributed by atoms with Crippen molar-refractivity contribution in [3.63, 3.8) is 0 Å². The summed E-state index contributed by atoms with van der Waals surface area (Å²) in [5.41, 5.74) is 0.272. The van der Waals surface area contributed by atoms with E-state index >= 15 is 0 Å². The Morgan fingerprint density at radius 3 is 2.40 bits per heavy atom. The number of amides is 3. The van der Waals surface area contributed by atoms with Gasteiger partial charge in [0.15, 0.2) is 5.54 Å². The number of carbonyl (C=O) groups is 3. The zero-order chi connectivity index (χ0) is 22.1. The van der Waals surface area contributed by atoms with Crippen LogP contribution in [0.2, 0.25) is 0 Å². The van der Waals surface area contributed by atoms with Gasteiger partial charge in [-0.15, -0.1) is 0 Å². The minimum absolute atomic E-state index is 0.205. The maximum Gasteiger partial charge on any atom is 0.278 e. The van der Waals surface area contributed by atoms with Crippen molar-refractivity contribution >= 4 is 17.7 Å². The number of hydrogen-bond donors (Lipinski definition) is 5. The Morgan fingerprint density at radius 2 is 1.83 bits per heavy atom. The molecule has 0 heterocycles. The largest absolute Gasteiger partial charge is 0.396 e. The highest BCUT2D eigenvalue weighted by Crippen LogP contribution is 2.29. The van der Waals surface area contributed by atoms with Crippen molar-refractivity contribution in [3.8, 4) is 23.7 Å². The van der Waals surface area contributed by atoms with Crippen molar-refractivity contribution in [2.24, 2.45) is 11.8 Å². The second-order valence-electron chi connectivity index (χ2n) is 7.25. The summed E-state index contributed by atoms with van der Waals surface area (Å²) >= 11 is 0. The van der Waals surface area contributed by atoms with E-state index in [1.807, 2.05) is 0 Å². The molecule has 5 N–H and O–H groups in total. The Morgan fingerprint density at radius 1 is 1.13 bits per heavy atom. The van der Waals surface area contributed by atoms with E-state index in [0.717, 1.165) is 19.3 Å². The first kappa shape index (κ1) is 23.0. The summed E-state index contributed by atoms with van der Waals surface area (Å²) in [6, 6.07) is 6.28. The molecule has 0 bridgehead atoms. The van der Waals surface area contributed by atoms with Gasteiger partial charge in [0, 0.05) is 30.7 Å². The third-order valence-corrected chi connectivity index (χ3v) is 5.09. The van der Waals surface area contributed by atoms with E-state index in [9.17, 15) is 14.4 Å². The van der Waals surface area contributed by atoms with Crippen molar-refractivity contribution in [1.29, 1.82) is 0 Å². The lowest BCUT2D eigenvalue weighted by Gasteiger charge is -2.26. The Bertz CT molecular complexity index is 902. The lowest BCUT2D eigenvalue weighted by molar-refractivity contribution is -0.143. The van der Waals surface area contributed by atoms with Crippen molar-refractivity contribution in [3.05, 3.63) is 35.4 Å². The number of rotatable bonds is 5. The fourth-order valence-corrected chi connectivity index (χ4v) is 3.20. The number of carbonyl (C=O) groups excluding carboxylic acids is 3. The van der Waals surface area contributed by atoms with Gasteiger partial charge < -0.3 is 15.7 Å². The number of benzene rings is 1. The summed E-state index contributed by atoms with van der Waals surface area (Å²) in [5.74, 6) is 9.73. The molecular formula is C22H25N3O5. The molecule has 158 valence electrons. The van der Waals surface area contributed by atoms with E-state index in [4.69, 9.17) is 10.3 Å². The molecule has 30 heavy (non-hydrogen) atoms. The van der Waals surface area contributed by atoms with Crippen LogP contribution >= 0.6 is 0 Å². The minimum atomic E-state index is -1.98. The van der Waals surface area contributed by atoms with E-state index in [2.05, 4.69) is 34.3 Å². The summed E-state index contributed by atoms with van der Waals surface area (Å²) in [6.45, 7) is 1.39. The molecule has 8 heteroatoms. The second-order valence-corrected chi connectivity index (χ2v) is 7.25. The molecule has 0 radical (unpaired) electrons. The van der Waals surface area contributed by atoms with Crippen LogP contribution in [0.3, 0.4) is 0 Å². The summed E-state index contributed by atoms with van der Waals surface area (Å²) < 4.78 is 0. The van der Waals surface area contributed by atoms with Crippen LogP contribution in [0.4, 0.5) is 0 Å². The van der Waals surface area contributed by atoms with Crippen LogP contribution in [0.1, 0.15) is 42.1 Å². The van der Waals surface area contributed by atoms with E-state index in [1.54, 1.807) is 12.1 Å². The van der Waals surface area contributed by atoms with Gasteiger partial charge in [-0.3, -0.25) is 19.6 Å². The van der Waals surface area contributed by atoms with Gasteiger partial charge >= 0.3 is 0 Å². The molecule has 0 aliphatic heterocycles. The molecule has 1 aromatic rings. The van der Waals surface area contributed by atoms with Crippen molar-refractivity contribution in [2.45, 2.75) is 31.7 Å². The Hall–Kier alpha value is -3.33. The highest BCUT2D eigenvalue weighted by atomic mass is 16.5. The fourth-order valence-electron chi connectivity index (χ4n) is 3.20. The highest BCUT2D eigenvalue weighted by molar-refractivity contribution is 6.12. The average Bonchev–Trinajstić information content (AvgIpc) is 3.23. The van der Waals surface area contributed by atoms with E-state index in [0.29, 0.717) is 11.5 Å². The lowest BCUT2D eigenvalue weighted by Crippen LogP contribution is -2.64. The van der Waals surface area contributed by atoms with Gasteiger partial charge in [-0.2, -0.15) is 0 Å². The summed E-state index contributed by atoms with van der Waals surface area (Å²) in [5, 5.41) is 22.6. The predicted molar refractivity (Wildman–Crippen MR) is 109 cm³/mol. The van der Waals surface area contributed by atoms with E-state index in [1.165, 1.54) is 31.6 Å². The van der Waals surface area contributed by atoms with Crippen LogP contribution in [0.25, 0.3) is 0 Å². The summed E-state index contributed by atoms with van der Waals surface area (Å²) in [7, 11) is 1.31. The fraction of sp³-hybridized carbons (Fsp3) is 0.409. The minimum Gasteiger partial charge on any atom is -0.396 e. The molecule has 1 aromatic carbocycles. The average molecular weight is 411 g/mol. The summed E-state index contributed by atoms with van der Waals surface area (Å²) in [6.07, 6.45) is 2.87. The monoisotopic (exact) mass is 411 g/mol. The van der Waals surface area contributed by atoms with Crippen LogP contribution in [-0.2, 0) is 9.59 Å². The zero-order valence-electron chi connectivity index (χ0n) is 16.9. The lowest BCUT2D eigenvalue weighted by atomic mass is 9.99. The van der Waals surface area contributed by atoms with Crippen LogP contribution in [0.5, 0.6) is 0 Å². The normalized spacial score (nSPS) is 19.2. The van der Waals surface area contributed by atoms with Crippen LogP contribution in [0, 0.1) is 35.5 Å². The Labute approximate surface area is 175 Å². The van der Waals surface area contributed by atoms with Crippen molar-refractivity contribution < 1.29 is 24.7 Å². The molecular weight excluding hydrogens is 386 g/mol. The standard InChI is InChI=1S/C22H25N3O5/c1-22(20(28)23-2,21(29)25-30)24-19(27)18-11-9-15(10-12-18)5-3-4-6-16-7-8-17(13-16)14-26/h9-12,16-17,26,30H,7-8,13-14H2,1-2H3,(H,23,28)(H,24,27)(H,25,29). The third-order valence-electron chi connectivity index (χ3n) is 5.09. The SMILES string of the molecule is CNC(=O)C(C)(NC(=O)c1ccc(C#CC#CC2CCC(CO)C2)cc1)C(=O)NO. The molecule has 3 atom stereocenters. The first-order chi connectivity index (χ1) is 14.3. The van der Waals surface area contributed by atoms with Gasteiger partial charge in [-0.1, -0.05) is 11.8 Å². The number of aliphatic hydroxyl groups is 1. The van der Waals surface area contributed by atoms with Gasteiger partial charge in [0.2, 0.25) is 0 Å². The quantitative estimate of drug-likeness (QED) is 0.205. The number of hydrogen-bond acceptors (Lipinski definition) is 5. The molecule has 0 aromatic heterocycles. The van der Waals surface area contributed by atoms with Gasteiger partial charge in [-0.25, -0.2) is 5.48 Å².